The van der Waals surface area contributed by atoms with Crippen LogP contribution in [0.25, 0.3) is 0 Å². The Morgan fingerprint density at radius 3 is 2.24 bits per heavy atom. The smallest absolute Gasteiger partial charge is 0.318 e. The van der Waals surface area contributed by atoms with E-state index in [-0.39, 0.29) is 0 Å². The summed E-state index contributed by atoms with van der Waals surface area (Å²) in [6.07, 6.45) is 0. The van der Waals surface area contributed by atoms with Gasteiger partial charge in [0.2, 0.25) is 0 Å². The van der Waals surface area contributed by atoms with Crippen molar-refractivity contribution < 1.29 is 19.1 Å². The van der Waals surface area contributed by atoms with Gasteiger partial charge in [-0.2, -0.15) is 0 Å². The molecule has 3 aromatic rings. The van der Waals surface area contributed by atoms with Gasteiger partial charge in [0.15, 0.2) is 6.61 Å². The number of carbonyl (C=O) groups excluding carboxylic acids is 2. The number of rotatable bonds is 4. The second kappa shape index (κ2) is 7.97. The predicted molar refractivity (Wildman–Crippen MR) is 111 cm³/mol. The van der Waals surface area contributed by atoms with Crippen LogP contribution in [0.3, 0.4) is 0 Å². The fraction of sp³-hybridized carbons (Fsp3) is 0.130. The van der Waals surface area contributed by atoms with Gasteiger partial charge in [-0.3, -0.25) is 9.59 Å². The highest BCUT2D eigenvalue weighted by atomic mass is 35.5. The lowest BCUT2D eigenvalue weighted by molar-refractivity contribution is -0.148. The predicted octanol–water partition coefficient (Wildman–Crippen LogP) is 5.07. The Kier molecular flexibility index (Phi) is 5.23. The maximum atomic E-state index is 12.9. The lowest BCUT2D eigenvalue weighted by atomic mass is 9.88. The third kappa shape index (κ3) is 3.96. The van der Waals surface area contributed by atoms with Crippen LogP contribution in [-0.2, 0) is 14.3 Å². The summed E-state index contributed by atoms with van der Waals surface area (Å²) in [5.74, 6) is -0.434. The molecule has 1 N–H and O–H groups in total. The first kappa shape index (κ1) is 19.0. The highest BCUT2D eigenvalue weighted by molar-refractivity contribution is 6.33. The average Bonchev–Trinajstić information content (AvgIpc) is 2.72. The van der Waals surface area contributed by atoms with Crippen molar-refractivity contribution in [3.63, 3.8) is 0 Å². The van der Waals surface area contributed by atoms with Crippen LogP contribution in [0, 0.1) is 6.92 Å². The number of hydrogen-bond acceptors (Lipinski definition) is 4. The standard InChI is InChI=1S/C23H18ClNO4/c1-14-10-11-18(17(24)12-14)25-21(26)13-28-23(27)22-15-6-2-4-8-19(15)29-20-9-5-3-7-16(20)22/h2-12,22H,13H2,1H3,(H,25,26). The Hall–Kier alpha value is -3.31. The van der Waals surface area contributed by atoms with Crippen LogP contribution >= 0.6 is 11.6 Å². The Labute approximate surface area is 173 Å². The fourth-order valence-corrected chi connectivity index (χ4v) is 3.57. The van der Waals surface area contributed by atoms with Crippen LogP contribution in [0.15, 0.2) is 66.7 Å². The van der Waals surface area contributed by atoms with Crippen LogP contribution in [0.4, 0.5) is 5.69 Å². The Morgan fingerprint density at radius 2 is 1.62 bits per heavy atom. The fourth-order valence-electron chi connectivity index (χ4n) is 3.29. The zero-order valence-electron chi connectivity index (χ0n) is 15.6. The van der Waals surface area contributed by atoms with Crippen LogP contribution in [0.2, 0.25) is 5.02 Å². The molecule has 0 radical (unpaired) electrons. The molecule has 0 unspecified atom stereocenters. The molecule has 1 amide bonds. The summed E-state index contributed by atoms with van der Waals surface area (Å²) in [5, 5.41) is 3.09. The molecule has 29 heavy (non-hydrogen) atoms. The van der Waals surface area contributed by atoms with Gasteiger partial charge < -0.3 is 14.8 Å². The molecule has 0 bridgehead atoms. The summed E-state index contributed by atoms with van der Waals surface area (Å²) in [6, 6.07) is 19.9. The molecule has 146 valence electrons. The van der Waals surface area contributed by atoms with E-state index in [4.69, 9.17) is 21.1 Å². The zero-order chi connectivity index (χ0) is 20.4. The molecular formula is C23H18ClNO4. The number of fused-ring (bicyclic) bond motifs is 2. The first-order chi connectivity index (χ1) is 14.0. The van der Waals surface area contributed by atoms with Crippen molar-refractivity contribution in [1.82, 2.24) is 0 Å². The van der Waals surface area contributed by atoms with E-state index in [1.807, 2.05) is 49.4 Å². The van der Waals surface area contributed by atoms with Gasteiger partial charge in [0.25, 0.3) is 5.91 Å². The number of esters is 1. The lowest BCUT2D eigenvalue weighted by Gasteiger charge is -2.26. The Balaban J connectivity index is 1.49. The van der Waals surface area contributed by atoms with E-state index in [0.29, 0.717) is 33.3 Å². The second-order valence-electron chi connectivity index (χ2n) is 6.75. The van der Waals surface area contributed by atoms with Crippen molar-refractivity contribution in [2.24, 2.45) is 0 Å². The van der Waals surface area contributed by atoms with E-state index >= 15 is 0 Å². The molecule has 1 heterocycles. The highest BCUT2D eigenvalue weighted by Gasteiger charge is 2.33. The van der Waals surface area contributed by atoms with E-state index in [2.05, 4.69) is 5.32 Å². The molecule has 0 saturated heterocycles. The maximum absolute atomic E-state index is 12.9. The van der Waals surface area contributed by atoms with E-state index in [0.717, 1.165) is 5.56 Å². The van der Waals surface area contributed by atoms with Gasteiger partial charge >= 0.3 is 5.97 Å². The highest BCUT2D eigenvalue weighted by Crippen LogP contribution is 2.44. The normalized spacial score (nSPS) is 12.3. The van der Waals surface area contributed by atoms with Crippen molar-refractivity contribution in [3.05, 3.63) is 88.4 Å². The van der Waals surface area contributed by atoms with Gasteiger partial charge in [0.05, 0.1) is 10.7 Å². The van der Waals surface area contributed by atoms with Crippen LogP contribution in [0.1, 0.15) is 22.6 Å². The molecule has 0 aliphatic carbocycles. The van der Waals surface area contributed by atoms with Crippen LogP contribution in [0.5, 0.6) is 11.5 Å². The molecule has 0 saturated carbocycles. The largest absolute Gasteiger partial charge is 0.457 e. The monoisotopic (exact) mass is 407 g/mol. The second-order valence-corrected chi connectivity index (χ2v) is 7.16. The summed E-state index contributed by atoms with van der Waals surface area (Å²) < 4.78 is 11.2. The number of benzene rings is 3. The molecule has 0 spiro atoms. The Bertz CT molecular complexity index is 1050. The quantitative estimate of drug-likeness (QED) is 0.613. The van der Waals surface area contributed by atoms with Crippen molar-refractivity contribution in [1.29, 1.82) is 0 Å². The molecule has 5 nitrogen and oxygen atoms in total. The van der Waals surface area contributed by atoms with Crippen molar-refractivity contribution >= 4 is 29.2 Å². The van der Waals surface area contributed by atoms with Gasteiger partial charge in [0.1, 0.15) is 17.4 Å². The van der Waals surface area contributed by atoms with Gasteiger partial charge in [-0.15, -0.1) is 0 Å². The molecular weight excluding hydrogens is 390 g/mol. The van der Waals surface area contributed by atoms with Crippen molar-refractivity contribution in [2.75, 3.05) is 11.9 Å². The minimum Gasteiger partial charge on any atom is -0.457 e. The van der Waals surface area contributed by atoms with E-state index < -0.39 is 24.4 Å². The van der Waals surface area contributed by atoms with Crippen molar-refractivity contribution in [3.8, 4) is 11.5 Å². The molecule has 1 aliphatic heterocycles. The number of hydrogen-bond donors (Lipinski definition) is 1. The number of halogens is 1. The first-order valence-electron chi connectivity index (χ1n) is 9.11. The number of anilines is 1. The molecule has 1 aliphatic rings. The molecule has 6 heteroatoms. The molecule has 0 aromatic heterocycles. The van der Waals surface area contributed by atoms with E-state index in [1.54, 1.807) is 24.3 Å². The SMILES string of the molecule is Cc1ccc(NC(=O)COC(=O)C2c3ccccc3Oc3ccccc32)c(Cl)c1. The number of para-hydroxylation sites is 2. The topological polar surface area (TPSA) is 64.6 Å². The van der Waals surface area contributed by atoms with Crippen molar-refractivity contribution in [2.45, 2.75) is 12.8 Å². The van der Waals surface area contributed by atoms with Gasteiger partial charge in [-0.25, -0.2) is 0 Å². The van der Waals surface area contributed by atoms with E-state index in [1.165, 1.54) is 0 Å². The summed E-state index contributed by atoms with van der Waals surface area (Å²) >= 11 is 6.13. The van der Waals surface area contributed by atoms with E-state index in [9.17, 15) is 9.59 Å². The third-order valence-corrected chi connectivity index (χ3v) is 4.97. The van der Waals surface area contributed by atoms with Gasteiger partial charge in [-0.05, 0) is 36.8 Å². The summed E-state index contributed by atoms with van der Waals surface area (Å²) in [7, 11) is 0. The average molecular weight is 408 g/mol. The van der Waals surface area contributed by atoms with Gasteiger partial charge in [0, 0.05) is 11.1 Å². The number of carbonyl (C=O) groups is 2. The third-order valence-electron chi connectivity index (χ3n) is 4.66. The number of amides is 1. The summed E-state index contributed by atoms with van der Waals surface area (Å²) in [4.78, 5) is 25.2. The minimum absolute atomic E-state index is 0.412. The molecule has 0 fully saturated rings. The zero-order valence-corrected chi connectivity index (χ0v) is 16.4. The summed E-state index contributed by atoms with van der Waals surface area (Å²) in [6.45, 7) is 1.49. The lowest BCUT2D eigenvalue weighted by Crippen LogP contribution is -2.26. The number of ether oxygens (including phenoxy) is 2. The Morgan fingerprint density at radius 1 is 1.00 bits per heavy atom. The molecule has 3 aromatic carbocycles. The molecule has 0 atom stereocenters. The summed E-state index contributed by atoms with van der Waals surface area (Å²) in [5.41, 5.74) is 2.87. The number of nitrogens with one attached hydrogen (secondary N) is 1. The number of aryl methyl sites for hydroxylation is 1. The minimum atomic E-state index is -0.660. The first-order valence-corrected chi connectivity index (χ1v) is 9.49. The van der Waals surface area contributed by atoms with Crippen LogP contribution in [-0.4, -0.2) is 18.5 Å². The van der Waals surface area contributed by atoms with Crippen LogP contribution < -0.4 is 10.1 Å². The maximum Gasteiger partial charge on any atom is 0.318 e. The molecule has 4 rings (SSSR count). The van der Waals surface area contributed by atoms with Gasteiger partial charge in [-0.1, -0.05) is 54.1 Å².